The summed E-state index contributed by atoms with van der Waals surface area (Å²) in [6, 6.07) is 13.6. The number of rotatable bonds is 11. The molecule has 0 atom stereocenters. The Kier molecular flexibility index (Phi) is 9.02. The molecule has 0 aliphatic heterocycles. The average Bonchev–Trinajstić information content (AvgIpc) is 2.83. The fourth-order valence-electron chi connectivity index (χ4n) is 3.64. The summed E-state index contributed by atoms with van der Waals surface area (Å²) in [5, 5.41) is 3.08. The summed E-state index contributed by atoms with van der Waals surface area (Å²) in [5.41, 5.74) is 1.79. The van der Waals surface area contributed by atoms with Crippen molar-refractivity contribution in [3.05, 3.63) is 75.6 Å². The standard InChI is InChI=1S/C28H33NO5/c1-4-5-6-7-8-10-20-13-15-21(16-14-20)27(31)29-23-12-9-11-22-24(30)17-25(34-26(22)23)28(32)33-18-19(2)3/h9,11-17,19H,4-8,10,18H2,1-3H3,(H,29,31). The largest absolute Gasteiger partial charge is 0.460 e. The van der Waals surface area contributed by atoms with E-state index in [9.17, 15) is 14.4 Å². The number of ether oxygens (including phenoxy) is 1. The molecule has 1 amide bonds. The second-order valence-electron chi connectivity index (χ2n) is 8.96. The number of carbonyl (C=O) groups excluding carboxylic acids is 2. The highest BCUT2D eigenvalue weighted by Crippen LogP contribution is 2.23. The van der Waals surface area contributed by atoms with Crippen LogP contribution in [0.2, 0.25) is 0 Å². The molecule has 34 heavy (non-hydrogen) atoms. The van der Waals surface area contributed by atoms with E-state index in [2.05, 4.69) is 12.2 Å². The predicted octanol–water partition coefficient (Wildman–Crippen LogP) is 6.37. The summed E-state index contributed by atoms with van der Waals surface area (Å²) in [5.74, 6) is -1.07. The van der Waals surface area contributed by atoms with Crippen LogP contribution in [0.25, 0.3) is 11.0 Å². The summed E-state index contributed by atoms with van der Waals surface area (Å²) in [6.45, 7) is 6.25. The topological polar surface area (TPSA) is 85.6 Å². The Morgan fingerprint density at radius 3 is 2.44 bits per heavy atom. The number of esters is 1. The predicted molar refractivity (Wildman–Crippen MR) is 134 cm³/mol. The van der Waals surface area contributed by atoms with Gasteiger partial charge >= 0.3 is 5.97 Å². The van der Waals surface area contributed by atoms with Crippen molar-refractivity contribution in [2.24, 2.45) is 5.92 Å². The number of carbonyl (C=O) groups is 2. The fourth-order valence-corrected chi connectivity index (χ4v) is 3.64. The third kappa shape index (κ3) is 6.80. The van der Waals surface area contributed by atoms with Crippen LogP contribution < -0.4 is 10.7 Å². The first kappa shape index (κ1) is 25.2. The molecule has 0 aliphatic carbocycles. The summed E-state index contributed by atoms with van der Waals surface area (Å²) in [7, 11) is 0. The van der Waals surface area contributed by atoms with E-state index in [0.29, 0.717) is 11.3 Å². The molecule has 1 heterocycles. The van der Waals surface area contributed by atoms with Gasteiger partial charge in [-0.3, -0.25) is 9.59 Å². The number of para-hydroxylation sites is 1. The van der Waals surface area contributed by atoms with E-state index < -0.39 is 5.97 Å². The molecule has 0 unspecified atom stereocenters. The van der Waals surface area contributed by atoms with E-state index in [0.717, 1.165) is 18.9 Å². The minimum Gasteiger partial charge on any atom is -0.460 e. The average molecular weight is 464 g/mol. The van der Waals surface area contributed by atoms with Crippen LogP contribution in [-0.4, -0.2) is 18.5 Å². The van der Waals surface area contributed by atoms with Gasteiger partial charge in [0.05, 0.1) is 17.7 Å². The van der Waals surface area contributed by atoms with Crippen LogP contribution in [0, 0.1) is 5.92 Å². The number of nitrogens with one attached hydrogen (secondary N) is 1. The van der Waals surface area contributed by atoms with Gasteiger partial charge in [-0.15, -0.1) is 0 Å². The Morgan fingerprint density at radius 2 is 1.74 bits per heavy atom. The number of benzene rings is 2. The minimum atomic E-state index is -0.709. The lowest BCUT2D eigenvalue weighted by molar-refractivity contribution is 0.0423. The van der Waals surface area contributed by atoms with Crippen LogP contribution in [0.4, 0.5) is 5.69 Å². The van der Waals surface area contributed by atoms with Crippen molar-refractivity contribution in [2.45, 2.75) is 59.3 Å². The first-order chi connectivity index (χ1) is 16.4. The number of aryl methyl sites for hydroxylation is 1. The Balaban J connectivity index is 1.74. The summed E-state index contributed by atoms with van der Waals surface area (Å²) < 4.78 is 10.9. The van der Waals surface area contributed by atoms with Gasteiger partial charge in [-0.1, -0.05) is 64.7 Å². The Hall–Kier alpha value is -3.41. The Morgan fingerprint density at radius 1 is 1.00 bits per heavy atom. The molecule has 0 bridgehead atoms. The Bertz CT molecular complexity index is 1180. The maximum Gasteiger partial charge on any atom is 0.374 e. The SMILES string of the molecule is CCCCCCCc1ccc(C(=O)Nc2cccc3c(=O)cc(C(=O)OCC(C)C)oc23)cc1. The zero-order chi connectivity index (χ0) is 24.5. The summed E-state index contributed by atoms with van der Waals surface area (Å²) in [6.07, 6.45) is 7.12. The molecule has 0 saturated carbocycles. The van der Waals surface area contributed by atoms with Gasteiger partial charge in [0.2, 0.25) is 5.76 Å². The lowest BCUT2D eigenvalue weighted by atomic mass is 10.0. The number of hydrogen-bond donors (Lipinski definition) is 1. The van der Waals surface area contributed by atoms with Crippen LogP contribution in [-0.2, 0) is 11.2 Å². The van der Waals surface area contributed by atoms with Crippen molar-refractivity contribution in [1.29, 1.82) is 0 Å². The third-order valence-electron chi connectivity index (χ3n) is 5.54. The highest BCUT2D eigenvalue weighted by molar-refractivity contribution is 6.08. The molecule has 0 aliphatic rings. The minimum absolute atomic E-state index is 0.142. The molecule has 6 heteroatoms. The molecule has 0 spiro atoms. The van der Waals surface area contributed by atoms with Crippen LogP contribution in [0.1, 0.15) is 79.4 Å². The molecule has 0 saturated heterocycles. The van der Waals surface area contributed by atoms with Crippen molar-refractivity contribution < 1.29 is 18.7 Å². The van der Waals surface area contributed by atoms with Crippen molar-refractivity contribution in [3.8, 4) is 0 Å². The molecule has 3 aromatic rings. The second-order valence-corrected chi connectivity index (χ2v) is 8.96. The highest BCUT2D eigenvalue weighted by atomic mass is 16.5. The van der Waals surface area contributed by atoms with Gasteiger partial charge in [-0.2, -0.15) is 0 Å². The van der Waals surface area contributed by atoms with Crippen LogP contribution in [0.15, 0.2) is 57.7 Å². The van der Waals surface area contributed by atoms with Gasteiger partial charge in [0.15, 0.2) is 11.0 Å². The number of fused-ring (bicyclic) bond motifs is 1. The molecule has 180 valence electrons. The molecule has 1 N–H and O–H groups in total. The first-order valence-corrected chi connectivity index (χ1v) is 12.0. The first-order valence-electron chi connectivity index (χ1n) is 12.0. The van der Waals surface area contributed by atoms with Crippen molar-refractivity contribution in [2.75, 3.05) is 11.9 Å². The quantitative estimate of drug-likeness (QED) is 0.264. The zero-order valence-electron chi connectivity index (χ0n) is 20.2. The van der Waals surface area contributed by atoms with E-state index in [1.54, 1.807) is 30.3 Å². The second kappa shape index (κ2) is 12.2. The lowest BCUT2D eigenvalue weighted by Crippen LogP contribution is -2.15. The monoisotopic (exact) mass is 463 g/mol. The molecule has 6 nitrogen and oxygen atoms in total. The number of amides is 1. The van der Waals surface area contributed by atoms with Gasteiger partial charge in [-0.05, 0) is 48.6 Å². The smallest absolute Gasteiger partial charge is 0.374 e. The molecule has 0 radical (unpaired) electrons. The van der Waals surface area contributed by atoms with E-state index in [1.165, 1.54) is 31.2 Å². The van der Waals surface area contributed by atoms with Crippen molar-refractivity contribution in [3.63, 3.8) is 0 Å². The summed E-state index contributed by atoms with van der Waals surface area (Å²) >= 11 is 0. The van der Waals surface area contributed by atoms with Gasteiger partial charge in [0.25, 0.3) is 5.91 Å². The summed E-state index contributed by atoms with van der Waals surface area (Å²) in [4.78, 5) is 37.7. The van der Waals surface area contributed by atoms with Gasteiger partial charge in [0, 0.05) is 11.6 Å². The Labute approximate surface area is 200 Å². The molecule has 1 aromatic heterocycles. The lowest BCUT2D eigenvalue weighted by Gasteiger charge is -2.10. The van der Waals surface area contributed by atoms with E-state index in [4.69, 9.17) is 9.15 Å². The maximum absolute atomic E-state index is 12.9. The van der Waals surface area contributed by atoms with Crippen molar-refractivity contribution in [1.82, 2.24) is 0 Å². The van der Waals surface area contributed by atoms with Crippen LogP contribution >= 0.6 is 0 Å². The normalized spacial score (nSPS) is 11.1. The maximum atomic E-state index is 12.9. The molecular weight excluding hydrogens is 430 g/mol. The molecule has 2 aromatic carbocycles. The zero-order valence-corrected chi connectivity index (χ0v) is 20.2. The van der Waals surface area contributed by atoms with Gasteiger partial charge < -0.3 is 14.5 Å². The van der Waals surface area contributed by atoms with E-state index in [-0.39, 0.29) is 40.6 Å². The van der Waals surface area contributed by atoms with E-state index in [1.807, 2.05) is 26.0 Å². The van der Waals surface area contributed by atoms with Crippen molar-refractivity contribution >= 4 is 28.5 Å². The highest BCUT2D eigenvalue weighted by Gasteiger charge is 2.17. The molecule has 0 fully saturated rings. The third-order valence-corrected chi connectivity index (χ3v) is 5.54. The van der Waals surface area contributed by atoms with Crippen LogP contribution in [0.3, 0.4) is 0 Å². The van der Waals surface area contributed by atoms with Gasteiger partial charge in [0.1, 0.15) is 0 Å². The van der Waals surface area contributed by atoms with E-state index >= 15 is 0 Å². The van der Waals surface area contributed by atoms with Crippen LogP contribution in [0.5, 0.6) is 0 Å². The molecule has 3 rings (SSSR count). The number of unbranched alkanes of at least 4 members (excludes halogenated alkanes) is 4. The number of anilines is 1. The van der Waals surface area contributed by atoms with Gasteiger partial charge in [-0.25, -0.2) is 4.79 Å². The number of hydrogen-bond acceptors (Lipinski definition) is 5. The molecular formula is C28H33NO5. The fraction of sp³-hybridized carbons (Fsp3) is 0.393.